The summed E-state index contributed by atoms with van der Waals surface area (Å²) in [5.74, 6) is -0.294. The first-order valence-corrected chi connectivity index (χ1v) is 11.1. The molecule has 1 saturated heterocycles. The monoisotopic (exact) mass is 419 g/mol. The fourth-order valence-corrected chi connectivity index (χ4v) is 4.52. The highest BCUT2D eigenvalue weighted by atomic mass is 16.5. The maximum atomic E-state index is 11.6. The highest BCUT2D eigenvalue weighted by Crippen LogP contribution is 2.27. The van der Waals surface area contributed by atoms with Crippen LogP contribution < -0.4 is 0 Å². The van der Waals surface area contributed by atoms with Crippen LogP contribution in [0, 0.1) is 13.8 Å². The van der Waals surface area contributed by atoms with E-state index in [-0.39, 0.29) is 5.97 Å². The Morgan fingerprint density at radius 3 is 2.29 bits per heavy atom. The third kappa shape index (κ3) is 4.68. The van der Waals surface area contributed by atoms with E-state index in [1.807, 2.05) is 24.3 Å². The smallest absolute Gasteiger partial charge is 0.337 e. The van der Waals surface area contributed by atoms with Crippen LogP contribution in [0.2, 0.25) is 0 Å². The Hall–Kier alpha value is -2.63. The standard InChI is InChI=1S/C26H33N3O2/c1-19-20(2)29(16-15-28-13-11-27(3)12-14-28)25-10-7-22(18-24(19)25)17-21-5-8-23(9-6-21)26(30)31-4/h5-10,18H,11-17H2,1-4H3. The summed E-state index contributed by atoms with van der Waals surface area (Å²) < 4.78 is 7.27. The lowest BCUT2D eigenvalue weighted by Crippen LogP contribution is -2.45. The minimum Gasteiger partial charge on any atom is -0.465 e. The quantitative estimate of drug-likeness (QED) is 0.568. The van der Waals surface area contributed by atoms with Crippen molar-refractivity contribution in [2.45, 2.75) is 26.8 Å². The Balaban J connectivity index is 1.50. The Kier molecular flexibility index (Phi) is 6.44. The highest BCUT2D eigenvalue weighted by Gasteiger charge is 2.16. The molecule has 0 atom stereocenters. The van der Waals surface area contributed by atoms with E-state index < -0.39 is 0 Å². The molecule has 1 aromatic heterocycles. The molecule has 0 radical (unpaired) electrons. The van der Waals surface area contributed by atoms with Gasteiger partial charge in [-0.2, -0.15) is 0 Å². The van der Waals surface area contributed by atoms with Crippen LogP contribution in [0.4, 0.5) is 0 Å². The fraction of sp³-hybridized carbons (Fsp3) is 0.423. The van der Waals surface area contributed by atoms with E-state index in [9.17, 15) is 4.79 Å². The van der Waals surface area contributed by atoms with Crippen molar-refractivity contribution in [1.29, 1.82) is 0 Å². The fourth-order valence-electron chi connectivity index (χ4n) is 4.52. The number of likely N-dealkylation sites (N-methyl/N-ethyl adjacent to an activating group) is 1. The van der Waals surface area contributed by atoms with Gasteiger partial charge in [0.2, 0.25) is 0 Å². The second-order valence-corrected chi connectivity index (χ2v) is 8.72. The number of fused-ring (bicyclic) bond motifs is 1. The lowest BCUT2D eigenvalue weighted by molar-refractivity contribution is 0.0600. The molecule has 0 N–H and O–H groups in total. The molecule has 4 rings (SSSR count). The number of esters is 1. The van der Waals surface area contributed by atoms with E-state index in [1.165, 1.54) is 40.4 Å². The minimum absolute atomic E-state index is 0.294. The van der Waals surface area contributed by atoms with Gasteiger partial charge in [0.15, 0.2) is 0 Å². The molecule has 5 nitrogen and oxygen atoms in total. The number of rotatable bonds is 6. The molecule has 2 aromatic carbocycles. The summed E-state index contributed by atoms with van der Waals surface area (Å²) >= 11 is 0. The van der Waals surface area contributed by atoms with Crippen molar-refractivity contribution in [3.8, 4) is 0 Å². The van der Waals surface area contributed by atoms with Crippen LogP contribution in [0.5, 0.6) is 0 Å². The van der Waals surface area contributed by atoms with Crippen molar-refractivity contribution in [2.24, 2.45) is 0 Å². The van der Waals surface area contributed by atoms with Gasteiger partial charge in [-0.15, -0.1) is 0 Å². The lowest BCUT2D eigenvalue weighted by atomic mass is 10.0. The molecule has 0 spiro atoms. The summed E-state index contributed by atoms with van der Waals surface area (Å²) in [5.41, 5.74) is 7.13. The maximum Gasteiger partial charge on any atom is 0.337 e. The van der Waals surface area contributed by atoms with Gasteiger partial charge in [-0.25, -0.2) is 4.79 Å². The predicted octanol–water partition coefficient (Wildman–Crippen LogP) is 3.88. The van der Waals surface area contributed by atoms with Crippen molar-refractivity contribution < 1.29 is 9.53 Å². The Bertz CT molecular complexity index is 1060. The molecular weight excluding hydrogens is 386 g/mol. The first-order valence-electron chi connectivity index (χ1n) is 11.1. The third-order valence-electron chi connectivity index (χ3n) is 6.72. The molecule has 2 heterocycles. The van der Waals surface area contributed by atoms with Crippen LogP contribution in [-0.4, -0.2) is 67.2 Å². The van der Waals surface area contributed by atoms with Gasteiger partial charge < -0.3 is 14.2 Å². The van der Waals surface area contributed by atoms with Gasteiger partial charge in [0.1, 0.15) is 0 Å². The van der Waals surface area contributed by atoms with Gasteiger partial charge in [0.25, 0.3) is 0 Å². The average molecular weight is 420 g/mol. The number of aromatic nitrogens is 1. The first kappa shape index (κ1) is 21.6. The van der Waals surface area contributed by atoms with Crippen molar-refractivity contribution in [2.75, 3.05) is 46.9 Å². The van der Waals surface area contributed by atoms with Gasteiger partial charge in [0, 0.05) is 55.9 Å². The minimum atomic E-state index is -0.294. The molecule has 1 aliphatic heterocycles. The summed E-state index contributed by atoms with van der Waals surface area (Å²) in [6, 6.07) is 14.5. The Labute approximate surface area is 185 Å². The molecule has 164 valence electrons. The molecule has 1 aliphatic rings. The average Bonchev–Trinajstić information content (AvgIpc) is 3.03. The van der Waals surface area contributed by atoms with Crippen LogP contribution in [-0.2, 0) is 17.7 Å². The second kappa shape index (κ2) is 9.25. The molecule has 0 unspecified atom stereocenters. The number of hydrogen-bond donors (Lipinski definition) is 0. The lowest BCUT2D eigenvalue weighted by Gasteiger charge is -2.32. The van der Waals surface area contributed by atoms with E-state index in [4.69, 9.17) is 4.74 Å². The van der Waals surface area contributed by atoms with Crippen LogP contribution in [0.25, 0.3) is 10.9 Å². The van der Waals surface area contributed by atoms with E-state index in [1.54, 1.807) is 0 Å². The SMILES string of the molecule is COC(=O)c1ccc(Cc2ccc3c(c2)c(C)c(C)n3CCN2CCN(C)CC2)cc1. The molecule has 0 amide bonds. The topological polar surface area (TPSA) is 37.7 Å². The zero-order chi connectivity index (χ0) is 22.0. The van der Waals surface area contributed by atoms with Crippen LogP contribution >= 0.6 is 0 Å². The van der Waals surface area contributed by atoms with Crippen molar-refractivity contribution in [3.63, 3.8) is 0 Å². The number of ether oxygens (including phenoxy) is 1. The van der Waals surface area contributed by atoms with Gasteiger partial charge >= 0.3 is 5.97 Å². The van der Waals surface area contributed by atoms with Crippen molar-refractivity contribution >= 4 is 16.9 Å². The summed E-state index contributed by atoms with van der Waals surface area (Å²) in [6.07, 6.45) is 0.850. The highest BCUT2D eigenvalue weighted by molar-refractivity contribution is 5.89. The number of benzene rings is 2. The second-order valence-electron chi connectivity index (χ2n) is 8.72. The molecule has 5 heteroatoms. The van der Waals surface area contributed by atoms with Crippen LogP contribution in [0.3, 0.4) is 0 Å². The van der Waals surface area contributed by atoms with Crippen molar-refractivity contribution in [1.82, 2.24) is 14.4 Å². The molecule has 31 heavy (non-hydrogen) atoms. The molecule has 0 aliphatic carbocycles. The summed E-state index contributed by atoms with van der Waals surface area (Å²) in [6.45, 7) is 11.3. The number of carbonyl (C=O) groups is 1. The molecular formula is C26H33N3O2. The number of carbonyl (C=O) groups excluding carboxylic acids is 1. The Morgan fingerprint density at radius 2 is 1.61 bits per heavy atom. The summed E-state index contributed by atoms with van der Waals surface area (Å²) in [4.78, 5) is 16.6. The van der Waals surface area contributed by atoms with Crippen LogP contribution in [0.1, 0.15) is 32.7 Å². The molecule has 0 bridgehead atoms. The summed E-state index contributed by atoms with van der Waals surface area (Å²) in [7, 11) is 3.61. The van der Waals surface area contributed by atoms with E-state index in [0.717, 1.165) is 45.7 Å². The largest absolute Gasteiger partial charge is 0.465 e. The first-order chi connectivity index (χ1) is 15.0. The predicted molar refractivity (Wildman–Crippen MR) is 126 cm³/mol. The number of piperazine rings is 1. The molecule has 0 saturated carbocycles. The van der Waals surface area contributed by atoms with Gasteiger partial charge in [0.05, 0.1) is 12.7 Å². The third-order valence-corrected chi connectivity index (χ3v) is 6.72. The normalized spacial score (nSPS) is 15.5. The number of nitrogens with zero attached hydrogens (tertiary/aromatic N) is 3. The number of aryl methyl sites for hydroxylation is 1. The maximum absolute atomic E-state index is 11.6. The van der Waals surface area contributed by atoms with Gasteiger partial charge in [-0.3, -0.25) is 4.90 Å². The van der Waals surface area contributed by atoms with Crippen LogP contribution in [0.15, 0.2) is 42.5 Å². The van der Waals surface area contributed by atoms with Gasteiger partial charge in [-0.1, -0.05) is 18.2 Å². The Morgan fingerprint density at radius 1 is 0.935 bits per heavy atom. The van der Waals surface area contributed by atoms with E-state index >= 15 is 0 Å². The number of hydrogen-bond acceptors (Lipinski definition) is 4. The molecule has 1 fully saturated rings. The molecule has 3 aromatic rings. The van der Waals surface area contributed by atoms with Gasteiger partial charge in [-0.05, 0) is 68.3 Å². The summed E-state index contributed by atoms with van der Waals surface area (Å²) in [5, 5.41) is 1.35. The van der Waals surface area contributed by atoms with E-state index in [2.05, 4.69) is 53.5 Å². The zero-order valence-electron chi connectivity index (χ0n) is 19.1. The van der Waals surface area contributed by atoms with Crippen molar-refractivity contribution in [3.05, 3.63) is 70.4 Å². The number of methoxy groups -OCH3 is 1. The van der Waals surface area contributed by atoms with E-state index in [0.29, 0.717) is 5.56 Å². The zero-order valence-corrected chi connectivity index (χ0v) is 19.1.